The molecule has 1 rings (SSSR count). The van der Waals surface area contributed by atoms with Crippen molar-refractivity contribution in [2.24, 2.45) is 0 Å². The highest BCUT2D eigenvalue weighted by Gasteiger charge is 2.17. The number of hydrogen-bond donors (Lipinski definition) is 0. The zero-order chi connectivity index (χ0) is 14.8. The molecule has 1 aromatic rings. The van der Waals surface area contributed by atoms with E-state index in [-0.39, 0.29) is 5.91 Å². The van der Waals surface area contributed by atoms with Crippen molar-refractivity contribution in [2.45, 2.75) is 45.4 Å². The Hall–Kier alpha value is -1.57. The highest BCUT2D eigenvalue weighted by Crippen LogP contribution is 2.22. The Labute approximate surface area is 123 Å². The molecule has 0 bridgehead atoms. The predicted octanol–water partition coefficient (Wildman–Crippen LogP) is 4.39. The monoisotopic (exact) mass is 273 g/mol. The molecule has 1 aromatic carbocycles. The third kappa shape index (κ3) is 5.20. The number of amides is 1. The van der Waals surface area contributed by atoms with Crippen molar-refractivity contribution in [1.82, 2.24) is 4.90 Å². The summed E-state index contributed by atoms with van der Waals surface area (Å²) in [5.41, 5.74) is 1.33. The van der Waals surface area contributed by atoms with Crippen molar-refractivity contribution in [3.05, 3.63) is 48.6 Å². The standard InChI is InChI=1S/C18H27NO/c1-4-7-14-19(18(20)6-3)15-17(11-5-2)16-12-9-8-10-13-16/h6,8-10,12-13,17H,3-5,7,11,14-15H2,1-2H3. The predicted molar refractivity (Wildman–Crippen MR) is 85.8 cm³/mol. The van der Waals surface area contributed by atoms with Crippen LogP contribution in [0.1, 0.15) is 51.0 Å². The smallest absolute Gasteiger partial charge is 0.245 e. The fourth-order valence-corrected chi connectivity index (χ4v) is 2.47. The van der Waals surface area contributed by atoms with Crippen LogP contribution in [-0.4, -0.2) is 23.9 Å². The molecule has 0 aliphatic rings. The van der Waals surface area contributed by atoms with E-state index in [4.69, 9.17) is 0 Å². The lowest BCUT2D eigenvalue weighted by molar-refractivity contribution is -0.126. The Bertz CT molecular complexity index is 399. The van der Waals surface area contributed by atoms with Gasteiger partial charge in [-0.15, -0.1) is 0 Å². The van der Waals surface area contributed by atoms with E-state index in [9.17, 15) is 4.79 Å². The van der Waals surface area contributed by atoms with Crippen LogP contribution in [0.25, 0.3) is 0 Å². The van der Waals surface area contributed by atoms with Crippen LogP contribution in [-0.2, 0) is 4.79 Å². The van der Waals surface area contributed by atoms with Gasteiger partial charge in [0.1, 0.15) is 0 Å². The number of carbonyl (C=O) groups is 1. The summed E-state index contributed by atoms with van der Waals surface area (Å²) >= 11 is 0. The zero-order valence-corrected chi connectivity index (χ0v) is 12.8. The van der Waals surface area contributed by atoms with Gasteiger partial charge in [-0.3, -0.25) is 4.79 Å². The van der Waals surface area contributed by atoms with Crippen LogP contribution in [0.2, 0.25) is 0 Å². The van der Waals surface area contributed by atoms with Crippen LogP contribution < -0.4 is 0 Å². The van der Waals surface area contributed by atoms with Gasteiger partial charge in [-0.2, -0.15) is 0 Å². The molecule has 0 saturated heterocycles. The molecule has 0 fully saturated rings. The fraction of sp³-hybridized carbons (Fsp3) is 0.500. The molecule has 0 N–H and O–H groups in total. The maximum atomic E-state index is 12.0. The molecular formula is C18H27NO. The van der Waals surface area contributed by atoms with E-state index in [1.165, 1.54) is 11.6 Å². The average Bonchev–Trinajstić information content (AvgIpc) is 2.50. The van der Waals surface area contributed by atoms with Gasteiger partial charge in [-0.1, -0.05) is 63.6 Å². The number of hydrogen-bond acceptors (Lipinski definition) is 1. The van der Waals surface area contributed by atoms with Gasteiger partial charge in [0.15, 0.2) is 0 Å². The fourth-order valence-electron chi connectivity index (χ4n) is 2.47. The quantitative estimate of drug-likeness (QED) is 0.611. The Morgan fingerprint density at radius 1 is 1.25 bits per heavy atom. The van der Waals surface area contributed by atoms with Crippen molar-refractivity contribution in [3.8, 4) is 0 Å². The summed E-state index contributed by atoms with van der Waals surface area (Å²) < 4.78 is 0. The highest BCUT2D eigenvalue weighted by molar-refractivity contribution is 5.87. The van der Waals surface area contributed by atoms with E-state index >= 15 is 0 Å². The van der Waals surface area contributed by atoms with Gasteiger partial charge in [0.25, 0.3) is 0 Å². The van der Waals surface area contributed by atoms with Crippen LogP contribution in [0.3, 0.4) is 0 Å². The topological polar surface area (TPSA) is 20.3 Å². The Morgan fingerprint density at radius 2 is 1.95 bits per heavy atom. The Morgan fingerprint density at radius 3 is 2.50 bits per heavy atom. The Balaban J connectivity index is 2.79. The van der Waals surface area contributed by atoms with Crippen LogP contribution in [0, 0.1) is 0 Å². The first-order valence-corrected chi connectivity index (χ1v) is 7.69. The van der Waals surface area contributed by atoms with E-state index in [0.717, 1.165) is 38.8 Å². The van der Waals surface area contributed by atoms with Gasteiger partial charge in [-0.25, -0.2) is 0 Å². The van der Waals surface area contributed by atoms with E-state index in [2.05, 4.69) is 44.7 Å². The second-order valence-corrected chi connectivity index (χ2v) is 5.24. The first-order chi connectivity index (χ1) is 9.72. The minimum atomic E-state index is 0.0514. The molecule has 1 atom stereocenters. The molecule has 0 heterocycles. The van der Waals surface area contributed by atoms with Crippen molar-refractivity contribution >= 4 is 5.91 Å². The van der Waals surface area contributed by atoms with Gasteiger partial charge in [0.05, 0.1) is 0 Å². The minimum absolute atomic E-state index is 0.0514. The van der Waals surface area contributed by atoms with Gasteiger partial charge < -0.3 is 4.90 Å². The summed E-state index contributed by atoms with van der Waals surface area (Å²) in [6.45, 7) is 9.59. The normalized spacial score (nSPS) is 11.9. The van der Waals surface area contributed by atoms with Crippen molar-refractivity contribution in [3.63, 3.8) is 0 Å². The van der Waals surface area contributed by atoms with Gasteiger partial charge in [0.2, 0.25) is 5.91 Å². The van der Waals surface area contributed by atoms with Crippen LogP contribution in [0.15, 0.2) is 43.0 Å². The van der Waals surface area contributed by atoms with E-state index in [0.29, 0.717) is 5.92 Å². The molecule has 0 radical (unpaired) electrons. The van der Waals surface area contributed by atoms with E-state index in [1.54, 1.807) is 0 Å². The van der Waals surface area contributed by atoms with Crippen molar-refractivity contribution < 1.29 is 4.79 Å². The molecule has 20 heavy (non-hydrogen) atoms. The summed E-state index contributed by atoms with van der Waals surface area (Å²) in [7, 11) is 0. The zero-order valence-electron chi connectivity index (χ0n) is 12.8. The molecule has 2 nitrogen and oxygen atoms in total. The van der Waals surface area contributed by atoms with Crippen LogP contribution >= 0.6 is 0 Å². The van der Waals surface area contributed by atoms with Crippen molar-refractivity contribution in [2.75, 3.05) is 13.1 Å². The third-order valence-electron chi connectivity index (χ3n) is 3.62. The lowest BCUT2D eigenvalue weighted by Crippen LogP contribution is -2.34. The number of carbonyl (C=O) groups excluding carboxylic acids is 1. The summed E-state index contributed by atoms with van der Waals surface area (Å²) in [4.78, 5) is 13.9. The number of nitrogens with zero attached hydrogens (tertiary/aromatic N) is 1. The largest absolute Gasteiger partial charge is 0.339 e. The van der Waals surface area contributed by atoms with E-state index < -0.39 is 0 Å². The molecule has 0 aromatic heterocycles. The van der Waals surface area contributed by atoms with Gasteiger partial charge in [0, 0.05) is 19.0 Å². The average molecular weight is 273 g/mol. The van der Waals surface area contributed by atoms with E-state index in [1.807, 2.05) is 11.0 Å². The first kappa shape index (κ1) is 16.5. The summed E-state index contributed by atoms with van der Waals surface area (Å²) in [6, 6.07) is 10.5. The SMILES string of the molecule is C=CC(=O)N(CCCC)CC(CCC)c1ccccc1. The second kappa shape index (κ2) is 9.35. The maximum absolute atomic E-state index is 12.0. The summed E-state index contributed by atoms with van der Waals surface area (Å²) in [5.74, 6) is 0.470. The molecular weight excluding hydrogens is 246 g/mol. The first-order valence-electron chi connectivity index (χ1n) is 7.69. The van der Waals surface area contributed by atoms with Gasteiger partial charge >= 0.3 is 0 Å². The molecule has 0 spiro atoms. The second-order valence-electron chi connectivity index (χ2n) is 5.24. The maximum Gasteiger partial charge on any atom is 0.245 e. The molecule has 1 amide bonds. The molecule has 1 unspecified atom stereocenters. The van der Waals surface area contributed by atoms with Crippen molar-refractivity contribution in [1.29, 1.82) is 0 Å². The molecule has 0 aliphatic carbocycles. The summed E-state index contributed by atoms with van der Waals surface area (Å²) in [5, 5.41) is 0. The number of unbranched alkanes of at least 4 members (excludes halogenated alkanes) is 1. The number of benzene rings is 1. The summed E-state index contributed by atoms with van der Waals surface area (Å²) in [6.07, 6.45) is 5.82. The Kier molecular flexibility index (Phi) is 7.71. The van der Waals surface area contributed by atoms with Crippen LogP contribution in [0.5, 0.6) is 0 Å². The molecule has 2 heteroatoms. The van der Waals surface area contributed by atoms with Gasteiger partial charge in [-0.05, 0) is 24.5 Å². The highest BCUT2D eigenvalue weighted by atomic mass is 16.2. The molecule has 0 saturated carbocycles. The minimum Gasteiger partial charge on any atom is -0.339 e. The molecule has 110 valence electrons. The van der Waals surface area contributed by atoms with Crippen LogP contribution in [0.4, 0.5) is 0 Å². The number of rotatable bonds is 9. The molecule has 0 aliphatic heterocycles. The lowest BCUT2D eigenvalue weighted by Gasteiger charge is -2.27. The third-order valence-corrected chi connectivity index (χ3v) is 3.62. The lowest BCUT2D eigenvalue weighted by atomic mass is 9.94.